The molecule has 1 aromatic carbocycles. The molecule has 1 N–H and O–H groups in total. The molecule has 3 aromatic heterocycles. The van der Waals surface area contributed by atoms with Crippen LogP contribution in [0.5, 0.6) is 0 Å². The van der Waals surface area contributed by atoms with E-state index in [1.165, 1.54) is 0 Å². The summed E-state index contributed by atoms with van der Waals surface area (Å²) >= 11 is 6.23. The molecular formula is C18H19ClN8. The number of H-pyrrole nitrogens is 1. The molecule has 138 valence electrons. The second-order valence-electron chi connectivity index (χ2n) is 6.24. The number of halogens is 1. The zero-order valence-corrected chi connectivity index (χ0v) is 15.6. The second-order valence-corrected chi connectivity index (χ2v) is 6.58. The Labute approximate surface area is 161 Å². The van der Waals surface area contributed by atoms with Crippen molar-refractivity contribution in [3.63, 3.8) is 0 Å². The number of unbranched alkanes of at least 4 members (excludes halogenated alkanes) is 1. The van der Waals surface area contributed by atoms with Crippen LogP contribution in [-0.2, 0) is 13.0 Å². The molecule has 0 amide bonds. The highest BCUT2D eigenvalue weighted by Crippen LogP contribution is 2.21. The highest BCUT2D eigenvalue weighted by molar-refractivity contribution is 6.28. The summed E-state index contributed by atoms with van der Waals surface area (Å²) in [5.41, 5.74) is 3.01. The Hall–Kier alpha value is -3.00. The zero-order valence-electron chi connectivity index (χ0n) is 14.9. The van der Waals surface area contributed by atoms with E-state index >= 15 is 0 Å². The number of hydrogen-bond donors (Lipinski definition) is 1. The van der Waals surface area contributed by atoms with Gasteiger partial charge in [-0.3, -0.25) is 0 Å². The van der Waals surface area contributed by atoms with Crippen LogP contribution in [0.4, 0.5) is 0 Å². The number of nitrogens with one attached hydrogen (secondary N) is 1. The predicted octanol–water partition coefficient (Wildman–Crippen LogP) is 3.29. The molecule has 0 saturated carbocycles. The van der Waals surface area contributed by atoms with E-state index in [2.05, 4.69) is 49.8 Å². The summed E-state index contributed by atoms with van der Waals surface area (Å²) in [5, 5.41) is 19.0. The van der Waals surface area contributed by atoms with E-state index in [-0.39, 0.29) is 0 Å². The van der Waals surface area contributed by atoms with E-state index in [9.17, 15) is 0 Å². The summed E-state index contributed by atoms with van der Waals surface area (Å²) in [6.45, 7) is 2.73. The van der Waals surface area contributed by atoms with Crippen LogP contribution in [0.3, 0.4) is 0 Å². The third-order valence-corrected chi connectivity index (χ3v) is 4.59. The van der Waals surface area contributed by atoms with Gasteiger partial charge in [0.25, 0.3) is 0 Å². The summed E-state index contributed by atoms with van der Waals surface area (Å²) in [7, 11) is 0. The molecule has 8 nitrogen and oxygen atoms in total. The van der Waals surface area contributed by atoms with E-state index < -0.39 is 0 Å². The molecule has 0 aliphatic rings. The fraction of sp³-hybridized carbons (Fsp3) is 0.278. The summed E-state index contributed by atoms with van der Waals surface area (Å²) in [5.74, 6) is 1.43. The fourth-order valence-corrected chi connectivity index (χ4v) is 3.11. The Balaban J connectivity index is 1.52. The molecule has 0 aliphatic carbocycles. The van der Waals surface area contributed by atoms with Crippen LogP contribution in [0.15, 0.2) is 42.6 Å². The lowest BCUT2D eigenvalue weighted by molar-refractivity contribution is 0.661. The van der Waals surface area contributed by atoms with Crippen LogP contribution in [0.25, 0.3) is 17.2 Å². The van der Waals surface area contributed by atoms with Crippen molar-refractivity contribution in [1.82, 2.24) is 40.0 Å². The van der Waals surface area contributed by atoms with Crippen LogP contribution in [0.1, 0.15) is 31.2 Å². The Kier molecular flexibility index (Phi) is 4.97. The molecule has 0 fully saturated rings. The molecule has 0 saturated heterocycles. The molecular weight excluding hydrogens is 364 g/mol. The maximum absolute atomic E-state index is 6.23. The zero-order chi connectivity index (χ0) is 18.6. The number of rotatable bonds is 7. The van der Waals surface area contributed by atoms with Crippen LogP contribution in [0.2, 0.25) is 5.28 Å². The number of aromatic nitrogens is 8. The van der Waals surface area contributed by atoms with E-state index in [0.29, 0.717) is 17.7 Å². The van der Waals surface area contributed by atoms with Gasteiger partial charge in [0.2, 0.25) is 5.28 Å². The maximum atomic E-state index is 6.23. The number of aryl methyl sites for hydroxylation is 1. The minimum atomic E-state index is 0.427. The Morgan fingerprint density at radius 2 is 2.00 bits per heavy atom. The van der Waals surface area contributed by atoms with E-state index in [1.807, 2.05) is 35.0 Å². The first-order chi connectivity index (χ1) is 13.2. The first kappa shape index (κ1) is 17.4. The van der Waals surface area contributed by atoms with Gasteiger partial charge in [-0.2, -0.15) is 5.10 Å². The topological polar surface area (TPSA) is 90.1 Å². The molecule has 0 radical (unpaired) electrons. The van der Waals surface area contributed by atoms with Crippen LogP contribution >= 0.6 is 11.6 Å². The van der Waals surface area contributed by atoms with Crippen molar-refractivity contribution in [3.05, 3.63) is 59.3 Å². The first-order valence-electron chi connectivity index (χ1n) is 8.84. The highest BCUT2D eigenvalue weighted by atomic mass is 35.5. The van der Waals surface area contributed by atoms with E-state index in [4.69, 9.17) is 11.6 Å². The Morgan fingerprint density at radius 3 is 2.74 bits per heavy atom. The third-order valence-electron chi connectivity index (χ3n) is 4.31. The maximum Gasteiger partial charge on any atom is 0.221 e. The number of benzene rings is 1. The number of hydrogen-bond acceptors (Lipinski definition) is 5. The summed E-state index contributed by atoms with van der Waals surface area (Å²) in [6.07, 6.45) is 5.00. The SMILES string of the molecule is CCCCc1nc(Cl)n(Cc2ccc(-n3cccc3-c3nnn[nH]3)cc2)n1. The van der Waals surface area contributed by atoms with Crippen molar-refractivity contribution in [2.24, 2.45) is 0 Å². The molecule has 27 heavy (non-hydrogen) atoms. The predicted molar refractivity (Wildman–Crippen MR) is 102 cm³/mol. The lowest BCUT2D eigenvalue weighted by Gasteiger charge is -2.09. The number of tetrazole rings is 1. The molecule has 0 unspecified atom stereocenters. The average molecular weight is 383 g/mol. The van der Waals surface area contributed by atoms with Crippen molar-refractivity contribution in [3.8, 4) is 17.2 Å². The van der Waals surface area contributed by atoms with E-state index in [0.717, 1.165) is 42.0 Å². The van der Waals surface area contributed by atoms with Crippen molar-refractivity contribution < 1.29 is 0 Å². The number of nitrogens with zero attached hydrogens (tertiary/aromatic N) is 7. The molecule has 4 aromatic rings. The minimum Gasteiger partial charge on any atom is -0.314 e. The molecule has 0 atom stereocenters. The first-order valence-corrected chi connectivity index (χ1v) is 9.22. The fourth-order valence-electron chi connectivity index (χ4n) is 2.91. The summed E-state index contributed by atoms with van der Waals surface area (Å²) in [6, 6.07) is 12.1. The lowest BCUT2D eigenvalue weighted by atomic mass is 10.2. The molecule has 0 spiro atoms. The quantitative estimate of drug-likeness (QED) is 0.529. The van der Waals surface area contributed by atoms with Crippen LogP contribution in [0, 0.1) is 0 Å². The van der Waals surface area contributed by atoms with Crippen LogP contribution in [-0.4, -0.2) is 40.0 Å². The highest BCUT2D eigenvalue weighted by Gasteiger charge is 2.11. The van der Waals surface area contributed by atoms with Gasteiger partial charge in [0.1, 0.15) is 0 Å². The van der Waals surface area contributed by atoms with Gasteiger partial charge in [0.05, 0.1) is 12.2 Å². The van der Waals surface area contributed by atoms with E-state index in [1.54, 1.807) is 4.68 Å². The second kappa shape index (κ2) is 7.71. The average Bonchev–Trinajstić information content (AvgIpc) is 3.42. The van der Waals surface area contributed by atoms with Crippen LogP contribution < -0.4 is 0 Å². The molecule has 9 heteroatoms. The summed E-state index contributed by atoms with van der Waals surface area (Å²) in [4.78, 5) is 4.33. The Bertz CT molecular complexity index is 1000. The van der Waals surface area contributed by atoms with Gasteiger partial charge < -0.3 is 4.57 Å². The summed E-state index contributed by atoms with van der Waals surface area (Å²) < 4.78 is 3.76. The largest absolute Gasteiger partial charge is 0.314 e. The molecule has 0 aliphatic heterocycles. The minimum absolute atomic E-state index is 0.427. The van der Waals surface area contributed by atoms with Gasteiger partial charge in [0, 0.05) is 18.3 Å². The molecule has 4 rings (SSSR count). The van der Waals surface area contributed by atoms with Crippen molar-refractivity contribution in [1.29, 1.82) is 0 Å². The van der Waals surface area contributed by atoms with Crippen molar-refractivity contribution in [2.45, 2.75) is 32.7 Å². The molecule has 0 bridgehead atoms. The van der Waals surface area contributed by atoms with Crippen molar-refractivity contribution in [2.75, 3.05) is 0 Å². The smallest absolute Gasteiger partial charge is 0.221 e. The van der Waals surface area contributed by atoms with Gasteiger partial charge in [-0.15, -0.1) is 5.10 Å². The molecule has 3 heterocycles. The van der Waals surface area contributed by atoms with Gasteiger partial charge in [-0.1, -0.05) is 25.5 Å². The van der Waals surface area contributed by atoms with Gasteiger partial charge >= 0.3 is 0 Å². The number of aromatic amines is 1. The third kappa shape index (κ3) is 3.75. The van der Waals surface area contributed by atoms with Crippen molar-refractivity contribution >= 4 is 11.6 Å². The van der Waals surface area contributed by atoms with Gasteiger partial charge in [0.15, 0.2) is 11.6 Å². The van der Waals surface area contributed by atoms with Gasteiger partial charge in [-0.05, 0) is 58.3 Å². The normalized spacial score (nSPS) is 11.2. The monoisotopic (exact) mass is 382 g/mol. The van der Waals surface area contributed by atoms with Gasteiger partial charge in [-0.25, -0.2) is 14.8 Å². The standard InChI is InChI=1S/C18H19ClN8/c1-2-3-6-16-20-18(19)27(23-16)12-13-7-9-14(10-8-13)26-11-4-5-15(26)17-21-24-25-22-17/h4-5,7-11H,2-3,6,12H2,1H3,(H,21,22,24,25). The lowest BCUT2D eigenvalue weighted by Crippen LogP contribution is -2.03. The Morgan fingerprint density at radius 1 is 1.15 bits per heavy atom.